The maximum absolute atomic E-state index is 12.1. The monoisotopic (exact) mass is 417 g/mol. The second-order valence-corrected chi connectivity index (χ2v) is 8.93. The van der Waals surface area contributed by atoms with Crippen molar-refractivity contribution in [3.8, 4) is 0 Å². The topological polar surface area (TPSA) is 84.6 Å². The van der Waals surface area contributed by atoms with Crippen molar-refractivity contribution in [2.75, 3.05) is 0 Å². The van der Waals surface area contributed by atoms with Gasteiger partial charge in [0.2, 0.25) is 5.91 Å². The molecule has 0 bridgehead atoms. The van der Waals surface area contributed by atoms with Gasteiger partial charge in [-0.15, -0.1) is 0 Å². The molecule has 0 saturated heterocycles. The van der Waals surface area contributed by atoms with Crippen molar-refractivity contribution in [2.45, 2.75) is 23.5 Å². The van der Waals surface area contributed by atoms with Gasteiger partial charge in [-0.2, -0.15) is 5.10 Å². The minimum Gasteiger partial charge on any atom is -0.272 e. The number of hydrogen-bond donors (Lipinski definition) is 1. The molecule has 1 aromatic rings. The van der Waals surface area contributed by atoms with Gasteiger partial charge in [0.1, 0.15) is 0 Å². The standard InChI is InChI=1S/C13H13Br2N3O3/c1-8(9-3-5-10(6-4-9)18(20)21)16-17-11(19)12(2)7-13(12,14)15/h3-6H,7H2,1-2H3,(H,17,19)/b16-8-/t12-/m0/s1. The van der Waals surface area contributed by atoms with E-state index >= 15 is 0 Å². The first-order valence-electron chi connectivity index (χ1n) is 6.15. The number of nitro groups is 1. The molecule has 1 N–H and O–H groups in total. The van der Waals surface area contributed by atoms with E-state index in [1.165, 1.54) is 12.1 Å². The first kappa shape index (κ1) is 16.1. The van der Waals surface area contributed by atoms with Crippen LogP contribution in [0.4, 0.5) is 5.69 Å². The Morgan fingerprint density at radius 2 is 1.90 bits per heavy atom. The second kappa shape index (κ2) is 5.49. The fraction of sp³-hybridized carbons (Fsp3) is 0.385. The summed E-state index contributed by atoms with van der Waals surface area (Å²) in [4.78, 5) is 22.2. The van der Waals surface area contributed by atoms with Crippen LogP contribution < -0.4 is 5.43 Å². The Bertz CT molecular complexity index is 628. The van der Waals surface area contributed by atoms with Crippen molar-refractivity contribution in [1.82, 2.24) is 5.43 Å². The quantitative estimate of drug-likeness (QED) is 0.352. The lowest BCUT2D eigenvalue weighted by molar-refractivity contribution is -0.384. The van der Waals surface area contributed by atoms with E-state index in [9.17, 15) is 14.9 Å². The first-order chi connectivity index (χ1) is 9.67. The number of hydrogen-bond acceptors (Lipinski definition) is 4. The summed E-state index contributed by atoms with van der Waals surface area (Å²) in [5.74, 6) is -0.183. The summed E-state index contributed by atoms with van der Waals surface area (Å²) in [6.45, 7) is 3.56. The molecular formula is C13H13Br2N3O3. The van der Waals surface area contributed by atoms with Crippen LogP contribution in [0.3, 0.4) is 0 Å². The highest BCUT2D eigenvalue weighted by atomic mass is 79.9. The Morgan fingerprint density at radius 3 is 2.33 bits per heavy atom. The van der Waals surface area contributed by atoms with Gasteiger partial charge in [-0.3, -0.25) is 14.9 Å². The van der Waals surface area contributed by atoms with E-state index in [-0.39, 0.29) is 14.8 Å². The lowest BCUT2D eigenvalue weighted by atomic mass is 10.1. The molecule has 1 saturated carbocycles. The average Bonchev–Trinajstić information content (AvgIpc) is 2.96. The summed E-state index contributed by atoms with van der Waals surface area (Å²) in [6.07, 6.45) is 0.679. The summed E-state index contributed by atoms with van der Waals surface area (Å²) in [7, 11) is 0. The number of nitro benzene ring substituents is 1. The van der Waals surface area contributed by atoms with Crippen LogP contribution in [0.2, 0.25) is 0 Å². The molecule has 1 aliphatic carbocycles. The molecule has 21 heavy (non-hydrogen) atoms. The van der Waals surface area contributed by atoms with E-state index in [1.54, 1.807) is 19.1 Å². The SMILES string of the molecule is C/C(=N/NC(=O)[C@]1(C)CC1(Br)Br)c1ccc([N+](=O)[O-])cc1. The Labute approximate surface area is 138 Å². The van der Waals surface area contributed by atoms with E-state index in [4.69, 9.17) is 0 Å². The largest absolute Gasteiger partial charge is 0.272 e. The number of carbonyl (C=O) groups is 1. The summed E-state index contributed by atoms with van der Waals surface area (Å²) in [6, 6.07) is 6.00. The molecule has 6 nitrogen and oxygen atoms in total. The molecule has 1 fully saturated rings. The number of alkyl halides is 2. The molecular weight excluding hydrogens is 406 g/mol. The summed E-state index contributed by atoms with van der Waals surface area (Å²) in [5, 5.41) is 14.6. The molecule has 0 aliphatic heterocycles. The zero-order chi connectivity index (χ0) is 15.8. The fourth-order valence-corrected chi connectivity index (χ4v) is 3.27. The summed E-state index contributed by atoms with van der Waals surface area (Å²) >= 11 is 6.85. The van der Waals surface area contributed by atoms with Crippen molar-refractivity contribution >= 4 is 49.2 Å². The van der Waals surface area contributed by atoms with Crippen LogP contribution in [-0.2, 0) is 4.79 Å². The van der Waals surface area contributed by atoms with Gasteiger partial charge in [0.15, 0.2) is 0 Å². The molecule has 1 atom stereocenters. The Hall–Kier alpha value is -1.28. The molecule has 1 aromatic carbocycles. The third kappa shape index (κ3) is 3.16. The van der Waals surface area contributed by atoms with Crippen LogP contribution in [0, 0.1) is 15.5 Å². The maximum Gasteiger partial charge on any atom is 0.269 e. The molecule has 112 valence electrons. The number of carbonyl (C=O) groups excluding carboxylic acids is 1. The minimum absolute atomic E-state index is 0.0180. The van der Waals surface area contributed by atoms with Gasteiger partial charge >= 0.3 is 0 Å². The first-order valence-corrected chi connectivity index (χ1v) is 7.73. The Kier molecular flexibility index (Phi) is 4.21. The third-order valence-electron chi connectivity index (χ3n) is 3.58. The lowest BCUT2D eigenvalue weighted by Crippen LogP contribution is -2.30. The Balaban J connectivity index is 2.05. The molecule has 1 aliphatic rings. The zero-order valence-electron chi connectivity index (χ0n) is 11.4. The van der Waals surface area contributed by atoms with Crippen LogP contribution in [0.25, 0.3) is 0 Å². The van der Waals surface area contributed by atoms with E-state index in [2.05, 4.69) is 42.4 Å². The van der Waals surface area contributed by atoms with Gasteiger partial charge in [0.25, 0.3) is 5.69 Å². The van der Waals surface area contributed by atoms with E-state index in [0.717, 1.165) is 0 Å². The minimum atomic E-state index is -0.535. The zero-order valence-corrected chi connectivity index (χ0v) is 14.6. The van der Waals surface area contributed by atoms with Gasteiger partial charge in [0, 0.05) is 12.1 Å². The van der Waals surface area contributed by atoms with Crippen molar-refractivity contribution in [3.05, 3.63) is 39.9 Å². The molecule has 0 spiro atoms. The number of hydrazone groups is 1. The van der Waals surface area contributed by atoms with Crippen LogP contribution in [0.15, 0.2) is 29.4 Å². The predicted molar refractivity (Wildman–Crippen MR) is 86.8 cm³/mol. The van der Waals surface area contributed by atoms with Crippen molar-refractivity contribution < 1.29 is 9.72 Å². The van der Waals surface area contributed by atoms with Crippen LogP contribution in [0.1, 0.15) is 25.8 Å². The number of non-ortho nitro benzene ring substituents is 1. The van der Waals surface area contributed by atoms with Gasteiger partial charge < -0.3 is 0 Å². The fourth-order valence-electron chi connectivity index (χ4n) is 1.79. The van der Waals surface area contributed by atoms with Gasteiger partial charge in [-0.05, 0) is 38.0 Å². The number of benzene rings is 1. The molecule has 0 aromatic heterocycles. The normalized spacial score (nSPS) is 23.5. The maximum atomic E-state index is 12.1. The van der Waals surface area contributed by atoms with Crippen molar-refractivity contribution in [2.24, 2.45) is 10.5 Å². The number of nitrogens with zero attached hydrogens (tertiary/aromatic N) is 2. The van der Waals surface area contributed by atoms with Gasteiger partial charge in [-0.1, -0.05) is 31.9 Å². The number of rotatable bonds is 4. The van der Waals surface area contributed by atoms with Crippen molar-refractivity contribution in [1.29, 1.82) is 0 Å². The third-order valence-corrected chi connectivity index (χ3v) is 5.89. The van der Waals surface area contributed by atoms with Crippen molar-refractivity contribution in [3.63, 3.8) is 0 Å². The number of halogens is 2. The molecule has 0 heterocycles. The Morgan fingerprint density at radius 1 is 1.38 bits per heavy atom. The molecule has 1 amide bonds. The molecule has 0 unspecified atom stereocenters. The number of amides is 1. The summed E-state index contributed by atoms with van der Waals surface area (Å²) in [5.41, 5.74) is 3.31. The number of nitrogens with one attached hydrogen (secondary N) is 1. The smallest absolute Gasteiger partial charge is 0.269 e. The highest BCUT2D eigenvalue weighted by molar-refractivity contribution is 9.25. The van der Waals surface area contributed by atoms with E-state index in [1.807, 2.05) is 6.92 Å². The second-order valence-electron chi connectivity index (χ2n) is 5.16. The highest BCUT2D eigenvalue weighted by Crippen LogP contribution is 2.66. The van der Waals surface area contributed by atoms with Gasteiger partial charge in [0.05, 0.1) is 19.3 Å². The lowest BCUT2D eigenvalue weighted by Gasteiger charge is -2.10. The molecule has 0 radical (unpaired) electrons. The van der Waals surface area contributed by atoms with E-state index in [0.29, 0.717) is 17.7 Å². The average molecular weight is 419 g/mol. The summed E-state index contributed by atoms with van der Waals surface area (Å²) < 4.78 is -0.367. The predicted octanol–water partition coefficient (Wildman–Crippen LogP) is 3.33. The van der Waals surface area contributed by atoms with Crippen LogP contribution in [0.5, 0.6) is 0 Å². The van der Waals surface area contributed by atoms with Crippen LogP contribution in [-0.4, -0.2) is 19.8 Å². The van der Waals surface area contributed by atoms with E-state index < -0.39 is 10.3 Å². The van der Waals surface area contributed by atoms with Crippen LogP contribution >= 0.6 is 31.9 Å². The van der Waals surface area contributed by atoms with Gasteiger partial charge in [-0.25, -0.2) is 5.43 Å². The highest BCUT2D eigenvalue weighted by Gasteiger charge is 2.66. The molecule has 2 rings (SSSR count). The molecule has 8 heteroatoms.